The molecule has 2 aromatic rings. The number of benzene rings is 2. The van der Waals surface area contributed by atoms with Crippen molar-refractivity contribution in [3.63, 3.8) is 0 Å². The maximum absolute atomic E-state index is 12.4. The third-order valence-electron chi connectivity index (χ3n) is 4.05. The Hall–Kier alpha value is -2.82. The molecule has 0 saturated carbocycles. The Bertz CT molecular complexity index is 786. The second-order valence-corrected chi connectivity index (χ2v) is 5.86. The Labute approximate surface area is 141 Å². The first kappa shape index (κ1) is 16.1. The number of hydrogen-bond donors (Lipinski definition) is 1. The van der Waals surface area contributed by atoms with Crippen molar-refractivity contribution in [1.82, 2.24) is 5.32 Å². The molecule has 5 nitrogen and oxygen atoms in total. The van der Waals surface area contributed by atoms with E-state index in [4.69, 9.17) is 4.74 Å². The quantitative estimate of drug-likeness (QED) is 0.940. The van der Waals surface area contributed by atoms with E-state index in [9.17, 15) is 9.59 Å². The zero-order valence-electron chi connectivity index (χ0n) is 13.8. The van der Waals surface area contributed by atoms with Crippen LogP contribution in [0.15, 0.2) is 42.5 Å². The van der Waals surface area contributed by atoms with Crippen LogP contribution < -0.4 is 15.0 Å². The predicted molar refractivity (Wildman–Crippen MR) is 92.5 cm³/mol. The molecular weight excluding hydrogens is 304 g/mol. The summed E-state index contributed by atoms with van der Waals surface area (Å²) in [7, 11) is 0. The average molecular weight is 324 g/mol. The number of nitrogens with zero attached hydrogens (tertiary/aromatic N) is 1. The van der Waals surface area contributed by atoms with Crippen LogP contribution in [0.1, 0.15) is 21.5 Å². The van der Waals surface area contributed by atoms with Gasteiger partial charge in [0.1, 0.15) is 12.4 Å². The topological polar surface area (TPSA) is 58.6 Å². The molecule has 24 heavy (non-hydrogen) atoms. The van der Waals surface area contributed by atoms with Crippen molar-refractivity contribution >= 4 is 17.5 Å². The maximum atomic E-state index is 12.4. The maximum Gasteiger partial charge on any atom is 0.253 e. The minimum absolute atomic E-state index is 0.00305. The van der Waals surface area contributed by atoms with Gasteiger partial charge in [-0.25, -0.2) is 0 Å². The number of amides is 2. The van der Waals surface area contributed by atoms with Gasteiger partial charge < -0.3 is 15.0 Å². The minimum Gasteiger partial charge on any atom is -0.491 e. The summed E-state index contributed by atoms with van der Waals surface area (Å²) in [6.45, 7) is 4.65. The highest BCUT2D eigenvalue weighted by Crippen LogP contribution is 2.24. The van der Waals surface area contributed by atoms with E-state index in [1.165, 1.54) is 0 Å². The third kappa shape index (κ3) is 3.25. The number of anilines is 1. The van der Waals surface area contributed by atoms with Crippen LogP contribution in [0, 0.1) is 13.8 Å². The van der Waals surface area contributed by atoms with Crippen molar-refractivity contribution in [3.05, 3.63) is 59.2 Å². The van der Waals surface area contributed by atoms with Gasteiger partial charge >= 0.3 is 0 Å². The van der Waals surface area contributed by atoms with Gasteiger partial charge in [0.25, 0.3) is 5.91 Å². The van der Waals surface area contributed by atoms with Crippen LogP contribution in [0.2, 0.25) is 0 Å². The van der Waals surface area contributed by atoms with Crippen LogP contribution in [-0.2, 0) is 4.79 Å². The Morgan fingerprint density at radius 1 is 1.12 bits per heavy atom. The van der Waals surface area contributed by atoms with Crippen molar-refractivity contribution in [2.75, 3.05) is 24.6 Å². The van der Waals surface area contributed by atoms with Crippen LogP contribution >= 0.6 is 0 Å². The fourth-order valence-electron chi connectivity index (χ4n) is 2.76. The van der Waals surface area contributed by atoms with Gasteiger partial charge in [0.2, 0.25) is 5.91 Å². The minimum atomic E-state index is -0.218. The molecule has 0 aromatic heterocycles. The first-order chi connectivity index (χ1) is 11.6. The molecule has 124 valence electrons. The summed E-state index contributed by atoms with van der Waals surface area (Å²) in [4.78, 5) is 26.2. The Morgan fingerprint density at radius 3 is 2.71 bits per heavy atom. The molecule has 0 fully saturated rings. The zero-order chi connectivity index (χ0) is 17.1. The summed E-state index contributed by atoms with van der Waals surface area (Å²) in [6, 6.07) is 13.3. The van der Waals surface area contributed by atoms with Gasteiger partial charge in [0.05, 0.1) is 24.3 Å². The van der Waals surface area contributed by atoms with Crippen molar-refractivity contribution in [2.24, 2.45) is 0 Å². The van der Waals surface area contributed by atoms with Gasteiger partial charge in [0.15, 0.2) is 0 Å². The number of aryl methyl sites for hydroxylation is 2. The third-order valence-corrected chi connectivity index (χ3v) is 4.05. The summed E-state index contributed by atoms with van der Waals surface area (Å²) >= 11 is 0. The van der Waals surface area contributed by atoms with Gasteiger partial charge in [-0.2, -0.15) is 0 Å². The molecule has 0 atom stereocenters. The Balaban J connectivity index is 1.79. The van der Waals surface area contributed by atoms with E-state index < -0.39 is 0 Å². The van der Waals surface area contributed by atoms with Crippen LogP contribution in [0.25, 0.3) is 0 Å². The van der Waals surface area contributed by atoms with Crippen molar-refractivity contribution in [1.29, 1.82) is 0 Å². The van der Waals surface area contributed by atoms with Gasteiger partial charge in [-0.3, -0.25) is 9.59 Å². The lowest BCUT2D eigenvalue weighted by atomic mass is 10.1. The molecular formula is C19H20N2O3. The fourth-order valence-corrected chi connectivity index (χ4v) is 2.76. The monoisotopic (exact) mass is 324 g/mol. The van der Waals surface area contributed by atoms with E-state index in [1.54, 1.807) is 11.0 Å². The Kier molecular flexibility index (Phi) is 4.51. The largest absolute Gasteiger partial charge is 0.491 e. The number of carbonyl (C=O) groups excluding carboxylic acids is 2. The highest BCUT2D eigenvalue weighted by Gasteiger charge is 2.26. The molecule has 1 aliphatic heterocycles. The number of ether oxygens (including phenoxy) is 1. The molecule has 0 unspecified atom stereocenters. The summed E-state index contributed by atoms with van der Waals surface area (Å²) in [5.74, 6) is 0.446. The summed E-state index contributed by atoms with van der Waals surface area (Å²) in [6.07, 6.45) is 0. The van der Waals surface area contributed by atoms with Crippen molar-refractivity contribution in [2.45, 2.75) is 13.8 Å². The number of para-hydroxylation sites is 1. The molecule has 0 saturated heterocycles. The molecule has 2 amide bonds. The zero-order valence-corrected chi connectivity index (χ0v) is 13.8. The van der Waals surface area contributed by atoms with E-state index in [2.05, 4.69) is 5.32 Å². The molecule has 3 rings (SSSR count). The van der Waals surface area contributed by atoms with Gasteiger partial charge in [-0.05, 0) is 37.6 Å². The summed E-state index contributed by atoms with van der Waals surface area (Å²) < 4.78 is 5.80. The smallest absolute Gasteiger partial charge is 0.253 e. The number of hydrogen-bond acceptors (Lipinski definition) is 3. The molecule has 0 spiro atoms. The summed E-state index contributed by atoms with van der Waals surface area (Å²) in [5, 5.41) is 2.65. The van der Waals surface area contributed by atoms with E-state index in [0.29, 0.717) is 24.4 Å². The second kappa shape index (κ2) is 6.74. The molecule has 1 aliphatic rings. The molecule has 5 heteroatoms. The number of carbonyl (C=O) groups is 2. The fraction of sp³-hybridized carbons (Fsp3) is 0.263. The molecule has 0 aliphatic carbocycles. The van der Waals surface area contributed by atoms with Crippen molar-refractivity contribution in [3.8, 4) is 5.75 Å². The lowest BCUT2D eigenvalue weighted by Gasteiger charge is -2.22. The van der Waals surface area contributed by atoms with E-state index in [0.717, 1.165) is 16.9 Å². The van der Waals surface area contributed by atoms with Crippen LogP contribution in [0.5, 0.6) is 5.75 Å². The second-order valence-electron chi connectivity index (χ2n) is 5.86. The number of fused-ring (bicyclic) bond motifs is 1. The lowest BCUT2D eigenvalue weighted by molar-refractivity contribution is -0.117. The SMILES string of the molecule is Cc1ccc2c(c1)C(=O)NCC(=O)N2CCOc1ccccc1C. The lowest BCUT2D eigenvalue weighted by Crippen LogP contribution is -2.38. The van der Waals surface area contributed by atoms with Crippen LogP contribution in [-0.4, -0.2) is 31.5 Å². The Morgan fingerprint density at radius 2 is 1.92 bits per heavy atom. The highest BCUT2D eigenvalue weighted by atomic mass is 16.5. The predicted octanol–water partition coefficient (Wildman–Crippen LogP) is 2.46. The normalized spacial score (nSPS) is 14.0. The highest BCUT2D eigenvalue weighted by molar-refractivity contribution is 6.09. The number of rotatable bonds is 4. The van der Waals surface area contributed by atoms with Crippen LogP contribution in [0.3, 0.4) is 0 Å². The van der Waals surface area contributed by atoms with E-state index in [1.807, 2.05) is 50.2 Å². The van der Waals surface area contributed by atoms with Crippen LogP contribution in [0.4, 0.5) is 5.69 Å². The average Bonchev–Trinajstić information content (AvgIpc) is 2.68. The summed E-state index contributed by atoms with van der Waals surface area (Å²) in [5.41, 5.74) is 3.19. The molecule has 1 heterocycles. The van der Waals surface area contributed by atoms with E-state index in [-0.39, 0.29) is 18.4 Å². The molecule has 0 bridgehead atoms. The molecule has 1 N–H and O–H groups in total. The van der Waals surface area contributed by atoms with Gasteiger partial charge in [0, 0.05) is 0 Å². The first-order valence-corrected chi connectivity index (χ1v) is 7.94. The molecule has 0 radical (unpaired) electrons. The molecule has 2 aromatic carbocycles. The van der Waals surface area contributed by atoms with Crippen molar-refractivity contribution < 1.29 is 14.3 Å². The van der Waals surface area contributed by atoms with E-state index >= 15 is 0 Å². The standard InChI is InChI=1S/C19H20N2O3/c1-13-7-8-16-15(11-13)19(23)20-12-18(22)21(16)9-10-24-17-6-4-3-5-14(17)2/h3-8,11H,9-10,12H2,1-2H3,(H,20,23). The first-order valence-electron chi connectivity index (χ1n) is 7.94. The van der Waals surface area contributed by atoms with Gasteiger partial charge in [-0.15, -0.1) is 0 Å². The number of nitrogens with one attached hydrogen (secondary N) is 1. The van der Waals surface area contributed by atoms with Gasteiger partial charge in [-0.1, -0.05) is 29.8 Å².